The van der Waals surface area contributed by atoms with Crippen molar-refractivity contribution in [3.05, 3.63) is 0 Å². The molecule has 0 radical (unpaired) electrons. The Morgan fingerprint density at radius 2 is 2.00 bits per heavy atom. The molecule has 2 nitrogen and oxygen atoms in total. The Morgan fingerprint density at radius 1 is 1.45 bits per heavy atom. The quantitative estimate of drug-likeness (QED) is 0.610. The molecule has 0 heterocycles. The lowest BCUT2D eigenvalue weighted by molar-refractivity contribution is -0.130. The maximum Gasteiger partial charge on any atom is 0.222 e. The number of rotatable bonds is 4. The summed E-state index contributed by atoms with van der Waals surface area (Å²) in [5.74, 6) is 0.790. The third-order valence-electron chi connectivity index (χ3n) is 2.12. The van der Waals surface area contributed by atoms with Gasteiger partial charge in [0.05, 0.1) is 0 Å². The number of nitrogens with zero attached hydrogens (tertiary/aromatic N) is 1. The zero-order valence-electron chi connectivity index (χ0n) is 8.05. The fourth-order valence-corrected chi connectivity index (χ4v) is 0.775. The summed E-state index contributed by atoms with van der Waals surface area (Å²) in [7, 11) is 1.85. The van der Waals surface area contributed by atoms with E-state index >= 15 is 0 Å². The molecule has 0 aliphatic rings. The van der Waals surface area contributed by atoms with Gasteiger partial charge in [0.2, 0.25) is 5.91 Å². The van der Waals surface area contributed by atoms with Gasteiger partial charge in [0.15, 0.2) is 0 Å². The minimum atomic E-state index is 0.266. The number of amides is 1. The Hall–Kier alpha value is -0.530. The molecule has 0 saturated carbocycles. The summed E-state index contributed by atoms with van der Waals surface area (Å²) < 4.78 is 0. The second kappa shape index (κ2) is 5.16. The van der Waals surface area contributed by atoms with Crippen molar-refractivity contribution in [1.82, 2.24) is 4.90 Å². The van der Waals surface area contributed by atoms with Gasteiger partial charge in [-0.15, -0.1) is 0 Å². The van der Waals surface area contributed by atoms with Gasteiger partial charge in [-0.1, -0.05) is 20.3 Å². The highest BCUT2D eigenvalue weighted by Gasteiger charge is 2.09. The summed E-state index contributed by atoms with van der Waals surface area (Å²) in [5.41, 5.74) is 0. The third-order valence-corrected chi connectivity index (χ3v) is 2.12. The first-order chi connectivity index (χ1) is 5.11. The molecule has 0 aromatic heterocycles. The second-order valence-corrected chi connectivity index (χ2v) is 3.13. The summed E-state index contributed by atoms with van der Waals surface area (Å²) in [4.78, 5) is 13.0. The highest BCUT2D eigenvalue weighted by Crippen LogP contribution is 2.07. The van der Waals surface area contributed by atoms with Gasteiger partial charge < -0.3 is 4.90 Å². The van der Waals surface area contributed by atoms with Crippen LogP contribution in [0.5, 0.6) is 0 Å². The highest BCUT2D eigenvalue weighted by atomic mass is 16.2. The highest BCUT2D eigenvalue weighted by molar-refractivity contribution is 5.75. The van der Waals surface area contributed by atoms with Gasteiger partial charge in [-0.25, -0.2) is 0 Å². The first-order valence-corrected chi connectivity index (χ1v) is 4.35. The Kier molecular flexibility index (Phi) is 4.92. The molecular formula is C9H19NO. The van der Waals surface area contributed by atoms with Gasteiger partial charge in [-0.05, 0) is 12.8 Å². The van der Waals surface area contributed by atoms with Crippen LogP contribution in [0.1, 0.15) is 33.6 Å². The largest absolute Gasteiger partial charge is 0.346 e. The van der Waals surface area contributed by atoms with Gasteiger partial charge in [-0.3, -0.25) is 4.79 Å². The van der Waals surface area contributed by atoms with Gasteiger partial charge in [-0.2, -0.15) is 0 Å². The van der Waals surface area contributed by atoms with Crippen LogP contribution in [0.4, 0.5) is 0 Å². The fourth-order valence-electron chi connectivity index (χ4n) is 0.775. The van der Waals surface area contributed by atoms with E-state index in [0.717, 1.165) is 13.0 Å². The normalized spacial score (nSPS) is 12.7. The Labute approximate surface area is 69.6 Å². The molecule has 0 aliphatic carbocycles. The smallest absolute Gasteiger partial charge is 0.222 e. The Balaban J connectivity index is 3.68. The van der Waals surface area contributed by atoms with Crippen molar-refractivity contribution in [3.8, 4) is 0 Å². The van der Waals surface area contributed by atoms with Crippen LogP contribution in [0.25, 0.3) is 0 Å². The van der Waals surface area contributed by atoms with Crippen molar-refractivity contribution in [2.24, 2.45) is 5.92 Å². The summed E-state index contributed by atoms with van der Waals surface area (Å²) in [6, 6.07) is 0. The molecule has 0 bridgehead atoms. The van der Waals surface area contributed by atoms with Crippen molar-refractivity contribution < 1.29 is 4.79 Å². The van der Waals surface area contributed by atoms with Crippen molar-refractivity contribution in [2.75, 3.05) is 13.6 Å². The van der Waals surface area contributed by atoms with E-state index in [1.165, 1.54) is 0 Å². The molecule has 0 rings (SSSR count). The van der Waals surface area contributed by atoms with Crippen LogP contribution in [-0.4, -0.2) is 24.4 Å². The Bertz CT molecular complexity index is 123. The topological polar surface area (TPSA) is 20.3 Å². The van der Waals surface area contributed by atoms with Gasteiger partial charge in [0.1, 0.15) is 0 Å². The monoisotopic (exact) mass is 157 g/mol. The average Bonchev–Trinajstić information content (AvgIpc) is 2.02. The Morgan fingerprint density at radius 3 is 2.36 bits per heavy atom. The first kappa shape index (κ1) is 10.5. The van der Waals surface area contributed by atoms with Gasteiger partial charge in [0.25, 0.3) is 0 Å². The number of carbonyl (C=O) groups is 1. The van der Waals surface area contributed by atoms with Gasteiger partial charge >= 0.3 is 0 Å². The zero-order valence-corrected chi connectivity index (χ0v) is 8.05. The fraction of sp³-hybridized carbons (Fsp3) is 0.889. The molecule has 0 aliphatic heterocycles. The van der Waals surface area contributed by atoms with Crippen LogP contribution in [-0.2, 0) is 4.79 Å². The average molecular weight is 157 g/mol. The maximum absolute atomic E-state index is 11.3. The number of carbonyl (C=O) groups excluding carboxylic acids is 1. The maximum atomic E-state index is 11.3. The van der Waals surface area contributed by atoms with Gasteiger partial charge in [0, 0.05) is 20.0 Å². The SMILES string of the molecule is CCC(C)CC(=O)N(C)CC. The van der Waals surface area contributed by atoms with Crippen molar-refractivity contribution in [1.29, 1.82) is 0 Å². The molecule has 0 aromatic rings. The number of hydrogen-bond acceptors (Lipinski definition) is 1. The standard InChI is InChI=1S/C9H19NO/c1-5-8(3)7-9(11)10(4)6-2/h8H,5-7H2,1-4H3. The van der Waals surface area contributed by atoms with E-state index in [-0.39, 0.29) is 5.91 Å². The molecule has 1 atom stereocenters. The number of hydrogen-bond donors (Lipinski definition) is 0. The van der Waals surface area contributed by atoms with Crippen molar-refractivity contribution in [3.63, 3.8) is 0 Å². The molecule has 0 saturated heterocycles. The molecule has 2 heteroatoms. The lowest BCUT2D eigenvalue weighted by Crippen LogP contribution is -2.27. The third kappa shape index (κ3) is 4.02. The van der Waals surface area contributed by atoms with Crippen LogP contribution in [0.3, 0.4) is 0 Å². The molecular weight excluding hydrogens is 138 g/mol. The molecule has 0 fully saturated rings. The van der Waals surface area contributed by atoms with Crippen molar-refractivity contribution in [2.45, 2.75) is 33.6 Å². The summed E-state index contributed by atoms with van der Waals surface area (Å²) in [5, 5.41) is 0. The van der Waals surface area contributed by atoms with Crippen LogP contribution in [0, 0.1) is 5.92 Å². The summed E-state index contributed by atoms with van der Waals surface area (Å²) >= 11 is 0. The van der Waals surface area contributed by atoms with E-state index in [0.29, 0.717) is 12.3 Å². The van der Waals surface area contributed by atoms with E-state index in [9.17, 15) is 4.79 Å². The molecule has 11 heavy (non-hydrogen) atoms. The lowest BCUT2D eigenvalue weighted by Gasteiger charge is -2.16. The lowest BCUT2D eigenvalue weighted by atomic mass is 10.0. The first-order valence-electron chi connectivity index (χ1n) is 4.35. The van der Waals surface area contributed by atoms with Crippen molar-refractivity contribution >= 4 is 5.91 Å². The van der Waals surface area contributed by atoms with E-state index in [1.807, 2.05) is 14.0 Å². The summed E-state index contributed by atoms with van der Waals surface area (Å²) in [6.07, 6.45) is 1.78. The predicted molar refractivity (Wildman–Crippen MR) is 47.4 cm³/mol. The van der Waals surface area contributed by atoms with E-state index < -0.39 is 0 Å². The molecule has 1 unspecified atom stereocenters. The molecule has 66 valence electrons. The molecule has 0 N–H and O–H groups in total. The van der Waals surface area contributed by atoms with Crippen LogP contribution >= 0.6 is 0 Å². The van der Waals surface area contributed by atoms with E-state index in [4.69, 9.17) is 0 Å². The zero-order chi connectivity index (χ0) is 8.85. The predicted octanol–water partition coefficient (Wildman–Crippen LogP) is 1.90. The molecule has 0 aromatic carbocycles. The minimum Gasteiger partial charge on any atom is -0.346 e. The van der Waals surface area contributed by atoms with Crippen LogP contribution in [0.15, 0.2) is 0 Å². The molecule has 0 spiro atoms. The van der Waals surface area contributed by atoms with E-state index in [2.05, 4.69) is 13.8 Å². The summed E-state index contributed by atoms with van der Waals surface area (Å²) in [6.45, 7) is 7.04. The second-order valence-electron chi connectivity index (χ2n) is 3.13. The van der Waals surface area contributed by atoms with Crippen LogP contribution in [0.2, 0.25) is 0 Å². The minimum absolute atomic E-state index is 0.266. The van der Waals surface area contributed by atoms with Crippen LogP contribution < -0.4 is 0 Å². The molecule has 1 amide bonds. The van der Waals surface area contributed by atoms with E-state index in [1.54, 1.807) is 4.90 Å².